The molecule has 6 nitrogen and oxygen atoms in total. The molecular weight excluding hydrogens is 407 g/mol. The minimum Gasteiger partial charge on any atom is -0.494 e. The van der Waals surface area contributed by atoms with E-state index in [9.17, 15) is 13.2 Å². The van der Waals surface area contributed by atoms with Gasteiger partial charge in [-0.25, -0.2) is 9.97 Å². The summed E-state index contributed by atoms with van der Waals surface area (Å²) in [7, 11) is 3.33. The van der Waals surface area contributed by atoms with Crippen LogP contribution in [0.4, 0.5) is 24.5 Å². The second-order valence-electron chi connectivity index (χ2n) is 7.31. The fraction of sp³-hybridized carbons (Fsp3) is 0.273. The molecule has 0 amide bonds. The molecule has 0 saturated carbocycles. The van der Waals surface area contributed by atoms with Gasteiger partial charge in [0.2, 0.25) is 0 Å². The van der Waals surface area contributed by atoms with Crippen molar-refractivity contribution >= 4 is 22.4 Å². The molecule has 0 saturated heterocycles. The lowest BCUT2D eigenvalue weighted by atomic mass is 10.2. The Morgan fingerprint density at radius 3 is 2.65 bits per heavy atom. The molecule has 4 aromatic rings. The molecule has 0 bridgehead atoms. The van der Waals surface area contributed by atoms with Crippen LogP contribution in [0.1, 0.15) is 17.9 Å². The van der Waals surface area contributed by atoms with Crippen LogP contribution in [-0.2, 0) is 13.5 Å². The van der Waals surface area contributed by atoms with Gasteiger partial charge in [-0.2, -0.15) is 13.2 Å². The number of methoxy groups -OCH3 is 1. The molecule has 0 aliphatic carbocycles. The molecule has 0 fully saturated rings. The predicted octanol–water partition coefficient (Wildman–Crippen LogP) is 5.31. The van der Waals surface area contributed by atoms with Crippen LogP contribution in [0.3, 0.4) is 0 Å². The lowest BCUT2D eigenvalue weighted by Gasteiger charge is -2.13. The molecule has 0 atom stereocenters. The van der Waals surface area contributed by atoms with Gasteiger partial charge in [0.25, 0.3) is 0 Å². The topological polar surface area (TPSA) is 56.9 Å². The van der Waals surface area contributed by atoms with Crippen LogP contribution < -0.4 is 10.1 Å². The first-order valence-corrected chi connectivity index (χ1v) is 9.72. The normalized spacial score (nSPS) is 11.8. The molecule has 0 radical (unpaired) electrons. The number of para-hydroxylation sites is 1. The standard InChI is InChI=1S/C22H22F3N5O/c1-14-12-30(13-26-14)17-8-7-15(11-19(17)31-3)27-16-5-4-6-18-21(16)28-20(29(18)2)9-10-22(23,24)25/h4-8,11-13,27H,9-10H2,1-3H3. The number of halogens is 3. The average molecular weight is 429 g/mol. The van der Waals surface area contributed by atoms with Gasteiger partial charge in [-0.15, -0.1) is 0 Å². The van der Waals surface area contributed by atoms with Gasteiger partial charge in [0.05, 0.1) is 42.4 Å². The molecule has 4 rings (SSSR count). The largest absolute Gasteiger partial charge is 0.494 e. The van der Waals surface area contributed by atoms with E-state index >= 15 is 0 Å². The summed E-state index contributed by atoms with van der Waals surface area (Å²) in [6.45, 7) is 1.91. The lowest BCUT2D eigenvalue weighted by Crippen LogP contribution is -2.10. The van der Waals surface area contributed by atoms with Gasteiger partial charge >= 0.3 is 6.18 Å². The van der Waals surface area contributed by atoms with Crippen LogP contribution in [0, 0.1) is 6.92 Å². The number of anilines is 2. The van der Waals surface area contributed by atoms with Crippen molar-refractivity contribution in [1.82, 2.24) is 19.1 Å². The maximum absolute atomic E-state index is 12.7. The fourth-order valence-corrected chi connectivity index (χ4v) is 3.52. The molecule has 2 aromatic heterocycles. The molecule has 9 heteroatoms. The number of nitrogens with zero attached hydrogens (tertiary/aromatic N) is 4. The van der Waals surface area contributed by atoms with Gasteiger partial charge in [-0.05, 0) is 31.2 Å². The molecule has 0 spiro atoms. The Kier molecular flexibility index (Phi) is 5.34. The first-order valence-electron chi connectivity index (χ1n) is 9.72. The van der Waals surface area contributed by atoms with Crippen LogP contribution in [0.15, 0.2) is 48.9 Å². The molecule has 0 aliphatic heterocycles. The summed E-state index contributed by atoms with van der Waals surface area (Å²) >= 11 is 0. The van der Waals surface area contributed by atoms with E-state index in [1.54, 1.807) is 25.1 Å². The summed E-state index contributed by atoms with van der Waals surface area (Å²) in [6, 6.07) is 11.2. The summed E-state index contributed by atoms with van der Waals surface area (Å²) < 4.78 is 47.1. The highest BCUT2D eigenvalue weighted by atomic mass is 19.4. The average Bonchev–Trinajstić information content (AvgIpc) is 3.30. The van der Waals surface area contributed by atoms with Crippen molar-refractivity contribution in [2.75, 3.05) is 12.4 Å². The highest BCUT2D eigenvalue weighted by molar-refractivity contribution is 5.91. The number of hydrogen-bond donors (Lipinski definition) is 1. The van der Waals surface area contributed by atoms with Crippen molar-refractivity contribution < 1.29 is 17.9 Å². The Bertz CT molecular complexity index is 1230. The van der Waals surface area contributed by atoms with Crippen molar-refractivity contribution in [3.63, 3.8) is 0 Å². The summed E-state index contributed by atoms with van der Waals surface area (Å²) in [6.07, 6.45) is -1.66. The third-order valence-electron chi connectivity index (χ3n) is 5.08. The van der Waals surface area contributed by atoms with Gasteiger partial charge in [-0.3, -0.25) is 0 Å². The number of ether oxygens (including phenoxy) is 1. The molecular formula is C22H22F3N5O. The summed E-state index contributed by atoms with van der Waals surface area (Å²) in [4.78, 5) is 8.72. The van der Waals surface area contributed by atoms with E-state index in [4.69, 9.17) is 4.74 Å². The monoisotopic (exact) mass is 429 g/mol. The Labute approximate surface area is 177 Å². The van der Waals surface area contributed by atoms with Crippen molar-refractivity contribution in [3.05, 3.63) is 60.4 Å². The Hall–Kier alpha value is -3.49. The number of nitrogens with one attached hydrogen (secondary N) is 1. The summed E-state index contributed by atoms with van der Waals surface area (Å²) in [5.74, 6) is 1.05. The van der Waals surface area contributed by atoms with Gasteiger partial charge in [0, 0.05) is 31.4 Å². The molecule has 31 heavy (non-hydrogen) atoms. The van der Waals surface area contributed by atoms with E-state index in [0.717, 1.165) is 22.6 Å². The fourth-order valence-electron chi connectivity index (χ4n) is 3.52. The second kappa shape index (κ2) is 7.98. The number of fused-ring (bicyclic) bond motifs is 1. The van der Waals surface area contributed by atoms with Crippen LogP contribution in [-0.4, -0.2) is 32.4 Å². The van der Waals surface area contributed by atoms with Crippen molar-refractivity contribution in [3.8, 4) is 11.4 Å². The highest BCUT2D eigenvalue weighted by Gasteiger charge is 2.27. The van der Waals surface area contributed by atoms with E-state index in [0.29, 0.717) is 22.8 Å². The number of alkyl halides is 3. The van der Waals surface area contributed by atoms with Crippen molar-refractivity contribution in [1.29, 1.82) is 0 Å². The minimum atomic E-state index is -4.22. The molecule has 162 valence electrons. The van der Waals surface area contributed by atoms with Crippen LogP contribution in [0.25, 0.3) is 16.7 Å². The van der Waals surface area contributed by atoms with Gasteiger partial charge in [0.1, 0.15) is 17.1 Å². The van der Waals surface area contributed by atoms with E-state index in [2.05, 4.69) is 15.3 Å². The van der Waals surface area contributed by atoms with E-state index < -0.39 is 12.6 Å². The minimum absolute atomic E-state index is 0.166. The zero-order chi connectivity index (χ0) is 22.2. The first kappa shape index (κ1) is 20.8. The first-order chi connectivity index (χ1) is 14.7. The van der Waals surface area contributed by atoms with E-state index in [1.165, 1.54) is 0 Å². The number of hydrogen-bond acceptors (Lipinski definition) is 4. The second-order valence-corrected chi connectivity index (χ2v) is 7.31. The Balaban J connectivity index is 1.65. The maximum atomic E-state index is 12.7. The number of rotatable bonds is 6. The van der Waals surface area contributed by atoms with Crippen molar-refractivity contribution in [2.45, 2.75) is 25.9 Å². The predicted molar refractivity (Wildman–Crippen MR) is 113 cm³/mol. The van der Waals surface area contributed by atoms with Gasteiger partial charge in [-0.1, -0.05) is 6.07 Å². The quantitative estimate of drug-likeness (QED) is 0.451. The van der Waals surface area contributed by atoms with Crippen LogP contribution in [0.5, 0.6) is 5.75 Å². The Morgan fingerprint density at radius 1 is 1.16 bits per heavy atom. The van der Waals surface area contributed by atoms with Gasteiger partial charge in [0.15, 0.2) is 0 Å². The number of aromatic nitrogens is 4. The summed E-state index contributed by atoms with van der Waals surface area (Å²) in [5, 5.41) is 3.32. The number of benzene rings is 2. The zero-order valence-corrected chi connectivity index (χ0v) is 17.4. The molecule has 2 heterocycles. The third kappa shape index (κ3) is 4.35. The van der Waals surface area contributed by atoms with Crippen LogP contribution in [0.2, 0.25) is 0 Å². The maximum Gasteiger partial charge on any atom is 0.389 e. The van der Waals surface area contributed by atoms with Gasteiger partial charge < -0.3 is 19.2 Å². The lowest BCUT2D eigenvalue weighted by molar-refractivity contribution is -0.134. The molecule has 1 N–H and O–H groups in total. The highest BCUT2D eigenvalue weighted by Crippen LogP contribution is 2.32. The van der Waals surface area contributed by atoms with Crippen LogP contribution >= 0.6 is 0 Å². The SMILES string of the molecule is COc1cc(Nc2cccc3c2nc(CCC(F)(F)F)n3C)ccc1-n1cnc(C)c1. The number of aryl methyl sites for hydroxylation is 3. The van der Waals surface area contributed by atoms with Crippen molar-refractivity contribution in [2.24, 2.45) is 7.05 Å². The molecule has 0 unspecified atom stereocenters. The summed E-state index contributed by atoms with van der Waals surface area (Å²) in [5.41, 5.74) is 4.61. The van der Waals surface area contributed by atoms with E-state index in [1.807, 2.05) is 54.1 Å². The zero-order valence-electron chi connectivity index (χ0n) is 17.4. The Morgan fingerprint density at radius 2 is 1.97 bits per heavy atom. The molecule has 0 aliphatic rings. The molecule has 2 aromatic carbocycles. The number of imidazole rings is 2. The third-order valence-corrected chi connectivity index (χ3v) is 5.08. The van der Waals surface area contributed by atoms with E-state index in [-0.39, 0.29) is 6.42 Å². The smallest absolute Gasteiger partial charge is 0.389 e.